The highest BCUT2D eigenvalue weighted by Crippen LogP contribution is 2.15. The summed E-state index contributed by atoms with van der Waals surface area (Å²) < 4.78 is 10.2. The molecule has 7 heteroatoms. The number of carbonyl (C=O) groups excluding carboxylic acids is 1. The summed E-state index contributed by atoms with van der Waals surface area (Å²) in [5.74, 6) is 0.151. The summed E-state index contributed by atoms with van der Waals surface area (Å²) in [7, 11) is 1.53. The van der Waals surface area contributed by atoms with Gasteiger partial charge in [0.2, 0.25) is 0 Å². The quantitative estimate of drug-likeness (QED) is 0.365. The molecular formula is C16H16N2O5. The van der Waals surface area contributed by atoms with E-state index in [1.54, 1.807) is 36.4 Å². The second-order valence-electron chi connectivity index (χ2n) is 4.60. The highest BCUT2D eigenvalue weighted by atomic mass is 16.6. The number of ether oxygens (including phenoxy) is 2. The predicted molar refractivity (Wildman–Crippen MR) is 84.9 cm³/mol. The van der Waals surface area contributed by atoms with Crippen LogP contribution in [0.5, 0.6) is 5.75 Å². The molecule has 0 unspecified atom stereocenters. The van der Waals surface area contributed by atoms with Crippen molar-refractivity contribution in [2.45, 2.75) is 0 Å². The number of nitro benzene ring substituents is 1. The van der Waals surface area contributed by atoms with Crippen LogP contribution in [0.1, 0.15) is 10.4 Å². The van der Waals surface area contributed by atoms with Gasteiger partial charge in [0.05, 0.1) is 17.6 Å². The number of hydrogen-bond acceptors (Lipinski definition) is 6. The smallest absolute Gasteiger partial charge is 0.338 e. The third-order valence-corrected chi connectivity index (χ3v) is 3.05. The van der Waals surface area contributed by atoms with Crippen molar-refractivity contribution >= 4 is 17.3 Å². The maximum absolute atomic E-state index is 11.9. The van der Waals surface area contributed by atoms with Crippen molar-refractivity contribution in [3.8, 4) is 5.75 Å². The topological polar surface area (TPSA) is 90.7 Å². The Morgan fingerprint density at radius 3 is 2.61 bits per heavy atom. The van der Waals surface area contributed by atoms with Crippen LogP contribution < -0.4 is 10.1 Å². The number of nitrogens with zero attached hydrogens (tertiary/aromatic N) is 1. The van der Waals surface area contributed by atoms with Gasteiger partial charge in [-0.05, 0) is 30.3 Å². The Bertz CT molecular complexity index is 685. The first-order valence-electron chi connectivity index (χ1n) is 6.89. The molecule has 120 valence electrons. The predicted octanol–water partition coefficient (Wildman–Crippen LogP) is 2.87. The highest BCUT2D eigenvalue weighted by molar-refractivity contribution is 5.89. The van der Waals surface area contributed by atoms with Crippen LogP contribution in [0.3, 0.4) is 0 Å². The molecule has 0 fully saturated rings. The fraction of sp³-hybridized carbons (Fsp3) is 0.188. The van der Waals surface area contributed by atoms with Crippen LogP contribution in [-0.4, -0.2) is 31.2 Å². The molecule has 0 atom stereocenters. The van der Waals surface area contributed by atoms with Crippen molar-refractivity contribution in [1.29, 1.82) is 0 Å². The van der Waals surface area contributed by atoms with E-state index in [4.69, 9.17) is 9.47 Å². The molecular weight excluding hydrogens is 300 g/mol. The van der Waals surface area contributed by atoms with E-state index in [2.05, 4.69) is 5.32 Å². The van der Waals surface area contributed by atoms with Crippen molar-refractivity contribution in [2.75, 3.05) is 25.6 Å². The molecule has 0 spiro atoms. The number of anilines is 1. The number of esters is 1. The first kappa shape index (κ1) is 16.3. The molecule has 2 aromatic carbocycles. The summed E-state index contributed by atoms with van der Waals surface area (Å²) in [5, 5.41) is 13.6. The van der Waals surface area contributed by atoms with E-state index < -0.39 is 10.9 Å². The van der Waals surface area contributed by atoms with Gasteiger partial charge in [-0.1, -0.05) is 6.07 Å². The molecule has 2 rings (SSSR count). The third-order valence-electron chi connectivity index (χ3n) is 3.05. The molecule has 0 aromatic heterocycles. The van der Waals surface area contributed by atoms with Gasteiger partial charge in [-0.3, -0.25) is 10.1 Å². The molecule has 0 radical (unpaired) electrons. The van der Waals surface area contributed by atoms with Gasteiger partial charge in [0.25, 0.3) is 5.69 Å². The lowest BCUT2D eigenvalue weighted by atomic mass is 10.2. The Morgan fingerprint density at radius 1 is 1.22 bits per heavy atom. The van der Waals surface area contributed by atoms with Gasteiger partial charge in [0.1, 0.15) is 12.4 Å². The number of methoxy groups -OCH3 is 1. The number of hydrogen-bond donors (Lipinski definition) is 1. The number of rotatable bonds is 7. The lowest BCUT2D eigenvalue weighted by molar-refractivity contribution is -0.384. The van der Waals surface area contributed by atoms with Crippen LogP contribution in [0.2, 0.25) is 0 Å². The maximum atomic E-state index is 11.9. The molecule has 0 saturated heterocycles. The van der Waals surface area contributed by atoms with Crippen LogP contribution in [0.25, 0.3) is 0 Å². The molecule has 0 aliphatic heterocycles. The average molecular weight is 316 g/mol. The summed E-state index contributed by atoms with van der Waals surface area (Å²) in [5.41, 5.74) is 1.16. The van der Waals surface area contributed by atoms with Gasteiger partial charge >= 0.3 is 5.97 Å². The molecule has 7 nitrogen and oxygen atoms in total. The molecule has 23 heavy (non-hydrogen) atoms. The van der Waals surface area contributed by atoms with Crippen LogP contribution in [0.15, 0.2) is 48.5 Å². The minimum Gasteiger partial charge on any atom is -0.497 e. The number of carbonyl (C=O) groups is 1. The van der Waals surface area contributed by atoms with Gasteiger partial charge < -0.3 is 14.8 Å². The molecule has 1 N–H and O–H groups in total. The van der Waals surface area contributed by atoms with Crippen LogP contribution in [-0.2, 0) is 4.74 Å². The molecule has 0 aliphatic carbocycles. The lowest BCUT2D eigenvalue weighted by Gasteiger charge is -2.08. The van der Waals surface area contributed by atoms with Crippen LogP contribution in [0.4, 0.5) is 11.4 Å². The summed E-state index contributed by atoms with van der Waals surface area (Å²) in [6, 6.07) is 12.7. The lowest BCUT2D eigenvalue weighted by Crippen LogP contribution is -2.14. The van der Waals surface area contributed by atoms with Crippen molar-refractivity contribution in [1.82, 2.24) is 0 Å². The SMILES string of the molecule is COc1cccc(C(=O)OCCNc2ccc([N+](=O)[O-])cc2)c1. The molecule has 0 bridgehead atoms. The van der Waals surface area contributed by atoms with Crippen molar-refractivity contribution in [3.63, 3.8) is 0 Å². The van der Waals surface area contributed by atoms with Gasteiger partial charge in [-0.25, -0.2) is 4.79 Å². The van der Waals surface area contributed by atoms with E-state index in [0.717, 1.165) is 0 Å². The first-order valence-corrected chi connectivity index (χ1v) is 6.89. The van der Waals surface area contributed by atoms with E-state index in [9.17, 15) is 14.9 Å². The van der Waals surface area contributed by atoms with E-state index in [1.165, 1.54) is 19.2 Å². The normalized spacial score (nSPS) is 9.96. The van der Waals surface area contributed by atoms with E-state index in [-0.39, 0.29) is 12.3 Å². The standard InChI is InChI=1S/C16H16N2O5/c1-22-15-4-2-3-12(11-15)16(19)23-10-9-17-13-5-7-14(8-6-13)18(20)21/h2-8,11,17H,9-10H2,1H3. The van der Waals surface area contributed by atoms with Crippen molar-refractivity contribution in [3.05, 3.63) is 64.2 Å². The van der Waals surface area contributed by atoms with Gasteiger partial charge in [0, 0.05) is 24.4 Å². The minimum absolute atomic E-state index is 0.0278. The summed E-state index contributed by atoms with van der Waals surface area (Å²) >= 11 is 0. The molecule has 0 heterocycles. The molecule has 2 aromatic rings. The summed E-state index contributed by atoms with van der Waals surface area (Å²) in [6.07, 6.45) is 0. The molecule has 0 saturated carbocycles. The van der Waals surface area contributed by atoms with Crippen molar-refractivity contribution < 1.29 is 19.2 Å². The Kier molecular flexibility index (Phi) is 5.51. The zero-order valence-corrected chi connectivity index (χ0v) is 12.5. The fourth-order valence-electron chi connectivity index (χ4n) is 1.87. The van der Waals surface area contributed by atoms with Gasteiger partial charge in [0.15, 0.2) is 0 Å². The minimum atomic E-state index is -0.459. The first-order chi connectivity index (χ1) is 11.1. The number of nitro groups is 1. The maximum Gasteiger partial charge on any atom is 0.338 e. The molecule has 0 amide bonds. The van der Waals surface area contributed by atoms with Crippen molar-refractivity contribution in [2.24, 2.45) is 0 Å². The number of nitrogens with one attached hydrogen (secondary N) is 1. The number of benzene rings is 2. The van der Waals surface area contributed by atoms with Crippen LogP contribution in [0, 0.1) is 10.1 Å². The Hall–Kier alpha value is -3.09. The van der Waals surface area contributed by atoms with Gasteiger partial charge in [-0.2, -0.15) is 0 Å². The average Bonchev–Trinajstić information content (AvgIpc) is 2.59. The summed E-state index contributed by atoms with van der Waals surface area (Å²) in [4.78, 5) is 22.0. The van der Waals surface area contributed by atoms with E-state index in [1.807, 2.05) is 0 Å². The number of non-ortho nitro benzene ring substituents is 1. The fourth-order valence-corrected chi connectivity index (χ4v) is 1.87. The Balaban J connectivity index is 1.78. The monoisotopic (exact) mass is 316 g/mol. The second kappa shape index (κ2) is 7.79. The highest BCUT2D eigenvalue weighted by Gasteiger charge is 2.08. The Labute approximate surface area is 133 Å². The Morgan fingerprint density at radius 2 is 1.96 bits per heavy atom. The van der Waals surface area contributed by atoms with E-state index in [0.29, 0.717) is 23.5 Å². The van der Waals surface area contributed by atoms with E-state index >= 15 is 0 Å². The zero-order valence-electron chi connectivity index (χ0n) is 12.5. The molecule has 0 aliphatic rings. The summed E-state index contributed by atoms with van der Waals surface area (Å²) in [6.45, 7) is 0.570. The largest absolute Gasteiger partial charge is 0.497 e. The van der Waals surface area contributed by atoms with Crippen LogP contribution >= 0.6 is 0 Å². The van der Waals surface area contributed by atoms with Gasteiger partial charge in [-0.15, -0.1) is 0 Å². The second-order valence-corrected chi connectivity index (χ2v) is 4.60. The zero-order chi connectivity index (χ0) is 16.7. The third kappa shape index (κ3) is 4.70.